The molecule has 2 rings (SSSR count). The highest BCUT2D eigenvalue weighted by Crippen LogP contribution is 2.19. The fraction of sp³-hybridized carbons (Fsp3) is 0.440. The molecule has 0 aliphatic rings. The van der Waals surface area contributed by atoms with Gasteiger partial charge in [0.2, 0.25) is 21.8 Å². The Morgan fingerprint density at radius 3 is 2.35 bits per heavy atom. The Morgan fingerprint density at radius 2 is 1.76 bits per heavy atom. The number of unbranched alkanes of at least 4 members (excludes halogenated alkanes) is 1. The summed E-state index contributed by atoms with van der Waals surface area (Å²) in [6.45, 7) is 6.17. The SMILES string of the molecule is CCCCNC(=O)[C@H](CC)N(Cc1cccc(C)c1)C(=O)CN(C)S(=O)(=O)c1ccc(Cl)cc1. The Labute approximate surface area is 208 Å². The van der Waals surface area contributed by atoms with E-state index >= 15 is 0 Å². The van der Waals surface area contributed by atoms with Gasteiger partial charge in [-0.05, 0) is 49.6 Å². The van der Waals surface area contributed by atoms with Gasteiger partial charge in [0.05, 0.1) is 11.4 Å². The van der Waals surface area contributed by atoms with Crippen molar-refractivity contribution in [2.24, 2.45) is 0 Å². The minimum absolute atomic E-state index is 0.0433. The summed E-state index contributed by atoms with van der Waals surface area (Å²) in [4.78, 5) is 27.9. The van der Waals surface area contributed by atoms with Crippen molar-refractivity contribution in [2.45, 2.75) is 57.5 Å². The number of rotatable bonds is 12. The molecule has 0 fully saturated rings. The number of hydrogen-bond acceptors (Lipinski definition) is 4. The molecule has 0 aliphatic carbocycles. The smallest absolute Gasteiger partial charge is 0.243 e. The lowest BCUT2D eigenvalue weighted by atomic mass is 10.1. The number of hydrogen-bond donors (Lipinski definition) is 1. The van der Waals surface area contributed by atoms with Gasteiger partial charge in [0.15, 0.2) is 0 Å². The minimum atomic E-state index is -3.91. The standard InChI is InChI=1S/C25H34ClN3O4S/c1-5-7-15-27-25(31)23(6-2)29(17-20-10-8-9-19(3)16-20)24(30)18-28(4)34(32,33)22-13-11-21(26)12-14-22/h8-14,16,23H,5-7,15,17-18H2,1-4H3,(H,27,31)/t23-/m0/s1. The van der Waals surface area contributed by atoms with E-state index in [4.69, 9.17) is 11.6 Å². The topological polar surface area (TPSA) is 86.8 Å². The van der Waals surface area contributed by atoms with E-state index in [1.54, 1.807) is 0 Å². The summed E-state index contributed by atoms with van der Waals surface area (Å²) in [5.41, 5.74) is 1.91. The lowest BCUT2D eigenvalue weighted by Crippen LogP contribution is -2.51. The molecule has 0 bridgehead atoms. The van der Waals surface area contributed by atoms with Crippen LogP contribution < -0.4 is 5.32 Å². The number of benzene rings is 2. The van der Waals surface area contributed by atoms with Gasteiger partial charge in [0.1, 0.15) is 6.04 Å². The maximum absolute atomic E-state index is 13.4. The first kappa shape index (κ1) is 27.8. The maximum Gasteiger partial charge on any atom is 0.243 e. The van der Waals surface area contributed by atoms with Crippen molar-refractivity contribution in [2.75, 3.05) is 20.1 Å². The first-order chi connectivity index (χ1) is 16.1. The van der Waals surface area contributed by atoms with E-state index in [1.807, 2.05) is 45.0 Å². The van der Waals surface area contributed by atoms with Gasteiger partial charge in [-0.15, -0.1) is 0 Å². The van der Waals surface area contributed by atoms with Crippen LogP contribution in [0.1, 0.15) is 44.2 Å². The molecule has 0 saturated heterocycles. The molecule has 34 heavy (non-hydrogen) atoms. The predicted molar refractivity (Wildman–Crippen MR) is 135 cm³/mol. The summed E-state index contributed by atoms with van der Waals surface area (Å²) in [5.74, 6) is -0.681. The van der Waals surface area contributed by atoms with Crippen LogP contribution in [0.25, 0.3) is 0 Å². The molecule has 0 spiro atoms. The van der Waals surface area contributed by atoms with Crippen LogP contribution in [-0.2, 0) is 26.2 Å². The van der Waals surface area contributed by atoms with E-state index in [1.165, 1.54) is 36.2 Å². The van der Waals surface area contributed by atoms with Gasteiger partial charge in [0, 0.05) is 25.2 Å². The van der Waals surface area contributed by atoms with Gasteiger partial charge >= 0.3 is 0 Å². The van der Waals surface area contributed by atoms with Gasteiger partial charge in [0.25, 0.3) is 0 Å². The van der Waals surface area contributed by atoms with Crippen LogP contribution in [0.3, 0.4) is 0 Å². The van der Waals surface area contributed by atoms with Crippen molar-refractivity contribution < 1.29 is 18.0 Å². The van der Waals surface area contributed by atoms with Crippen LogP contribution in [0.4, 0.5) is 0 Å². The summed E-state index contributed by atoms with van der Waals surface area (Å²) in [5, 5.41) is 3.32. The first-order valence-corrected chi connectivity index (χ1v) is 13.3. The van der Waals surface area contributed by atoms with Crippen LogP contribution in [0.15, 0.2) is 53.4 Å². The van der Waals surface area contributed by atoms with Crippen molar-refractivity contribution in [3.8, 4) is 0 Å². The second-order valence-electron chi connectivity index (χ2n) is 8.29. The Kier molecular flexibility index (Phi) is 10.5. The molecular weight excluding hydrogens is 474 g/mol. The second kappa shape index (κ2) is 12.9. The van der Waals surface area contributed by atoms with Crippen LogP contribution in [0, 0.1) is 6.92 Å². The number of halogens is 1. The van der Waals surface area contributed by atoms with Crippen molar-refractivity contribution in [1.29, 1.82) is 0 Å². The highest BCUT2D eigenvalue weighted by Gasteiger charge is 2.31. The number of sulfonamides is 1. The Bertz CT molecular complexity index is 1070. The van der Waals surface area contributed by atoms with Gasteiger partial charge in [-0.3, -0.25) is 9.59 Å². The molecule has 0 heterocycles. The second-order valence-corrected chi connectivity index (χ2v) is 10.8. The molecule has 2 aromatic rings. The minimum Gasteiger partial charge on any atom is -0.354 e. The van der Waals surface area contributed by atoms with E-state index in [0.29, 0.717) is 18.0 Å². The highest BCUT2D eigenvalue weighted by atomic mass is 35.5. The van der Waals surface area contributed by atoms with Gasteiger partial charge in [-0.25, -0.2) is 8.42 Å². The van der Waals surface area contributed by atoms with E-state index in [9.17, 15) is 18.0 Å². The summed E-state index contributed by atoms with van der Waals surface area (Å²) >= 11 is 5.87. The number of carbonyl (C=O) groups is 2. The van der Waals surface area contributed by atoms with Crippen molar-refractivity contribution in [3.05, 3.63) is 64.7 Å². The molecule has 1 N–H and O–H groups in total. The monoisotopic (exact) mass is 507 g/mol. The van der Waals surface area contributed by atoms with Gasteiger partial charge in [-0.1, -0.05) is 61.7 Å². The van der Waals surface area contributed by atoms with Crippen LogP contribution in [-0.4, -0.2) is 55.6 Å². The fourth-order valence-electron chi connectivity index (χ4n) is 3.59. The van der Waals surface area contributed by atoms with Crippen LogP contribution >= 0.6 is 11.6 Å². The largest absolute Gasteiger partial charge is 0.354 e. The normalized spacial score (nSPS) is 12.4. The van der Waals surface area contributed by atoms with Crippen LogP contribution in [0.5, 0.6) is 0 Å². The van der Waals surface area contributed by atoms with E-state index in [0.717, 1.165) is 28.3 Å². The third-order valence-corrected chi connectivity index (χ3v) is 7.60. The molecule has 1 atom stereocenters. The molecule has 0 aromatic heterocycles. The number of amides is 2. The Morgan fingerprint density at radius 1 is 1.09 bits per heavy atom. The maximum atomic E-state index is 13.4. The lowest BCUT2D eigenvalue weighted by molar-refractivity contribution is -0.141. The number of nitrogens with one attached hydrogen (secondary N) is 1. The quantitative estimate of drug-likeness (QED) is 0.440. The Balaban J connectivity index is 2.29. The van der Waals surface area contributed by atoms with E-state index < -0.39 is 28.5 Å². The third-order valence-electron chi connectivity index (χ3n) is 5.53. The molecule has 0 saturated carbocycles. The molecule has 0 unspecified atom stereocenters. The zero-order valence-corrected chi connectivity index (χ0v) is 21.8. The van der Waals surface area contributed by atoms with Crippen molar-refractivity contribution >= 4 is 33.4 Å². The number of aryl methyl sites for hydroxylation is 1. The molecule has 7 nitrogen and oxygen atoms in total. The molecule has 0 radical (unpaired) electrons. The van der Waals surface area contributed by atoms with Crippen molar-refractivity contribution in [1.82, 2.24) is 14.5 Å². The summed E-state index contributed by atoms with van der Waals surface area (Å²) in [6.07, 6.45) is 2.19. The average molecular weight is 508 g/mol. The van der Waals surface area contributed by atoms with Crippen LogP contribution in [0.2, 0.25) is 5.02 Å². The highest BCUT2D eigenvalue weighted by molar-refractivity contribution is 7.89. The van der Waals surface area contributed by atoms with E-state index in [2.05, 4.69) is 5.32 Å². The zero-order valence-electron chi connectivity index (χ0n) is 20.3. The zero-order chi connectivity index (χ0) is 25.3. The lowest BCUT2D eigenvalue weighted by Gasteiger charge is -2.32. The van der Waals surface area contributed by atoms with E-state index in [-0.39, 0.29) is 17.3 Å². The summed E-state index contributed by atoms with van der Waals surface area (Å²) < 4.78 is 27.0. The third kappa shape index (κ3) is 7.55. The fourth-order valence-corrected chi connectivity index (χ4v) is 4.83. The molecule has 186 valence electrons. The number of likely N-dealkylation sites (N-methyl/N-ethyl adjacent to an activating group) is 1. The Hall–Kier alpha value is -2.42. The van der Waals surface area contributed by atoms with Gasteiger partial charge < -0.3 is 10.2 Å². The average Bonchev–Trinajstić information content (AvgIpc) is 2.79. The summed E-state index contributed by atoms with van der Waals surface area (Å²) in [6, 6.07) is 12.8. The predicted octanol–water partition coefficient (Wildman–Crippen LogP) is 3.99. The first-order valence-electron chi connectivity index (χ1n) is 11.4. The molecule has 2 aromatic carbocycles. The molecular formula is C25H34ClN3O4S. The molecule has 0 aliphatic heterocycles. The molecule has 2 amide bonds. The molecule has 9 heteroatoms. The summed E-state index contributed by atoms with van der Waals surface area (Å²) in [7, 11) is -2.55. The van der Waals surface area contributed by atoms with Gasteiger partial charge in [-0.2, -0.15) is 4.31 Å². The van der Waals surface area contributed by atoms with Crippen molar-refractivity contribution in [3.63, 3.8) is 0 Å². The number of nitrogens with zero attached hydrogens (tertiary/aromatic N) is 2. The number of carbonyl (C=O) groups excluding carboxylic acids is 2.